The van der Waals surface area contributed by atoms with Gasteiger partial charge in [0.25, 0.3) is 0 Å². The molecule has 0 saturated carbocycles. The van der Waals surface area contributed by atoms with E-state index in [1.807, 2.05) is 0 Å². The third-order valence-electron chi connectivity index (χ3n) is 10.6. The Balaban J connectivity index is 1.81. The van der Waals surface area contributed by atoms with E-state index >= 15 is 0 Å². The summed E-state index contributed by atoms with van der Waals surface area (Å²) in [6.45, 7) is 4.12. The van der Waals surface area contributed by atoms with E-state index in [0.717, 1.165) is 11.8 Å². The minimum atomic E-state index is -1.48. The first-order chi connectivity index (χ1) is 33.0. The number of carboxylic acids is 1. The smallest absolute Gasteiger partial charge is 0.326 e. The molecule has 0 aromatic heterocycles. The highest BCUT2D eigenvalue weighted by molar-refractivity contribution is 8.14. The zero-order chi connectivity index (χ0) is 51.1. The zero-order valence-corrected chi connectivity index (χ0v) is 40.4. The SMILES string of the molecule is CC(=O)SCC(=O)NCCOCCOCC(=O)NCCOCCOCC(=O)N[C@H](C(=O)N[C@@H](CCCCN)C(=O)N1CCC[C@H]1C(=O)N1CCC[C@H]1C(=O)N[C@@H](CCCN=C(N)N)C(=O)O)[C@@H](C)O. The summed E-state index contributed by atoms with van der Waals surface area (Å²) in [6.07, 6.45) is 1.56. The molecule has 0 aromatic rings. The number of aliphatic imine (C=N–C) groups is 1. The minimum Gasteiger partial charge on any atom is -0.480 e. The molecule has 26 nitrogen and oxygen atoms in total. The number of guanidine groups is 1. The van der Waals surface area contributed by atoms with Gasteiger partial charge in [0.15, 0.2) is 11.1 Å². The second-order valence-corrected chi connectivity index (χ2v) is 17.3. The Kier molecular flexibility index (Phi) is 29.7. The number of carbonyl (C=O) groups is 9. The number of aliphatic hydroxyl groups is 1. The van der Waals surface area contributed by atoms with Crippen molar-refractivity contribution in [2.45, 2.75) is 108 Å². The second kappa shape index (κ2) is 34.2. The maximum absolute atomic E-state index is 14.2. The number of aliphatic hydroxyl groups excluding tert-OH is 1. The number of aliphatic carboxylic acids is 1. The second-order valence-electron chi connectivity index (χ2n) is 16.2. The molecule has 13 N–H and O–H groups in total. The molecule has 2 heterocycles. The van der Waals surface area contributed by atoms with Crippen molar-refractivity contribution >= 4 is 70.2 Å². The molecule has 2 aliphatic heterocycles. The van der Waals surface area contributed by atoms with Gasteiger partial charge in [0.2, 0.25) is 41.4 Å². The molecule has 2 saturated heterocycles. The van der Waals surface area contributed by atoms with Gasteiger partial charge in [-0.3, -0.25) is 43.3 Å². The first-order valence-corrected chi connectivity index (χ1v) is 24.1. The van der Waals surface area contributed by atoms with Crippen LogP contribution in [0, 0.1) is 0 Å². The summed E-state index contributed by atoms with van der Waals surface area (Å²) in [5.74, 6) is -5.25. The summed E-state index contributed by atoms with van der Waals surface area (Å²) < 4.78 is 21.3. The highest BCUT2D eigenvalue weighted by atomic mass is 32.2. The number of rotatable bonds is 35. The minimum absolute atomic E-state index is 0.0158. The molecular formula is C42H73N11O15S. The van der Waals surface area contributed by atoms with Crippen molar-refractivity contribution in [3.63, 3.8) is 0 Å². The molecule has 392 valence electrons. The van der Waals surface area contributed by atoms with Crippen LogP contribution in [0.25, 0.3) is 0 Å². The standard InChI is InChI=1S/C42H73N11O15S/c1-27(54)36(51-34(57)25-68-23-21-65-18-14-46-33(56)24-67-22-20-66-19-15-47-35(58)26-69-28(2)55)38(60)49-29(8-3-4-12-43)39(61)53-17-7-11-32(53)40(62)52-16-6-10-31(52)37(59)50-30(41(63)64)9-5-13-48-42(44)45/h27,29-32,36,54H,3-26,43H2,1-2H3,(H,46,56)(H,47,58)(H,49,60)(H,50,59)(H,51,57)(H,63,64)(H4,44,45,48)/t27-,29+,30+,31+,32+,36+/m1/s1. The van der Waals surface area contributed by atoms with Crippen LogP contribution in [0.2, 0.25) is 0 Å². The number of nitrogens with one attached hydrogen (secondary N) is 5. The van der Waals surface area contributed by atoms with Gasteiger partial charge in [-0.1, -0.05) is 11.8 Å². The van der Waals surface area contributed by atoms with Gasteiger partial charge in [-0.25, -0.2) is 4.79 Å². The van der Waals surface area contributed by atoms with Crippen LogP contribution in [-0.4, -0.2) is 213 Å². The third kappa shape index (κ3) is 24.3. The highest BCUT2D eigenvalue weighted by Gasteiger charge is 2.44. The number of hydrogen-bond donors (Lipinski definition) is 10. The van der Waals surface area contributed by atoms with E-state index in [1.165, 1.54) is 23.6 Å². The lowest BCUT2D eigenvalue weighted by Gasteiger charge is -2.33. The van der Waals surface area contributed by atoms with E-state index in [4.69, 9.17) is 36.1 Å². The summed E-state index contributed by atoms with van der Waals surface area (Å²) in [5.41, 5.74) is 16.4. The fourth-order valence-electron chi connectivity index (χ4n) is 7.21. The van der Waals surface area contributed by atoms with Crippen molar-refractivity contribution in [2.75, 3.05) is 97.9 Å². The summed E-state index contributed by atoms with van der Waals surface area (Å²) in [4.78, 5) is 121. The lowest BCUT2D eigenvalue weighted by atomic mass is 10.0. The lowest BCUT2D eigenvalue weighted by molar-refractivity contribution is -0.149. The predicted molar refractivity (Wildman–Crippen MR) is 250 cm³/mol. The van der Waals surface area contributed by atoms with Crippen LogP contribution >= 0.6 is 11.8 Å². The van der Waals surface area contributed by atoms with Gasteiger partial charge in [0.1, 0.15) is 43.4 Å². The number of amides is 7. The average molecular weight is 1000 g/mol. The number of likely N-dealkylation sites (tertiary alicyclic amines) is 2. The monoisotopic (exact) mass is 1000 g/mol. The van der Waals surface area contributed by atoms with Crippen molar-refractivity contribution in [3.8, 4) is 0 Å². The molecule has 2 rings (SSSR count). The average Bonchev–Trinajstić information content (AvgIpc) is 4.01. The fourth-order valence-corrected chi connectivity index (χ4v) is 7.64. The summed E-state index contributed by atoms with van der Waals surface area (Å²) in [6, 6.07) is -5.79. The van der Waals surface area contributed by atoms with Gasteiger partial charge in [0.05, 0.1) is 51.5 Å². The van der Waals surface area contributed by atoms with Gasteiger partial charge in [-0.05, 0) is 71.3 Å². The van der Waals surface area contributed by atoms with E-state index in [0.29, 0.717) is 38.6 Å². The summed E-state index contributed by atoms with van der Waals surface area (Å²) in [5, 5.41) is 32.9. The molecule has 6 atom stereocenters. The Labute approximate surface area is 405 Å². The van der Waals surface area contributed by atoms with Gasteiger partial charge in [-0.15, -0.1) is 0 Å². The van der Waals surface area contributed by atoms with Crippen LogP contribution in [0.1, 0.15) is 71.6 Å². The van der Waals surface area contributed by atoms with Crippen molar-refractivity contribution in [1.82, 2.24) is 36.4 Å². The Bertz CT molecular complexity index is 1710. The number of ether oxygens (including phenoxy) is 4. The molecule has 69 heavy (non-hydrogen) atoms. The van der Waals surface area contributed by atoms with Crippen LogP contribution in [0.5, 0.6) is 0 Å². The van der Waals surface area contributed by atoms with Gasteiger partial charge in [-0.2, -0.15) is 0 Å². The molecule has 0 radical (unpaired) electrons. The van der Waals surface area contributed by atoms with E-state index in [2.05, 4.69) is 31.6 Å². The van der Waals surface area contributed by atoms with Crippen molar-refractivity contribution < 1.29 is 72.3 Å². The van der Waals surface area contributed by atoms with E-state index in [1.54, 1.807) is 0 Å². The number of nitrogens with zero attached hydrogens (tertiary/aromatic N) is 3. The molecule has 0 spiro atoms. The number of carboxylic acid groups (broad SMARTS) is 1. The Hall–Kier alpha value is -5.19. The summed E-state index contributed by atoms with van der Waals surface area (Å²) in [7, 11) is 0. The third-order valence-corrected chi connectivity index (χ3v) is 11.4. The maximum atomic E-state index is 14.2. The lowest BCUT2D eigenvalue weighted by Crippen LogP contribution is -2.59. The quantitative estimate of drug-likeness (QED) is 0.0163. The van der Waals surface area contributed by atoms with E-state index in [9.17, 15) is 53.4 Å². The molecule has 0 bridgehead atoms. The number of carbonyl (C=O) groups excluding carboxylic acids is 8. The van der Waals surface area contributed by atoms with Crippen LogP contribution in [0.15, 0.2) is 4.99 Å². The largest absolute Gasteiger partial charge is 0.480 e. The highest BCUT2D eigenvalue weighted by Crippen LogP contribution is 2.26. The Morgan fingerprint density at radius 2 is 1.30 bits per heavy atom. The molecule has 0 aliphatic carbocycles. The molecular weight excluding hydrogens is 931 g/mol. The zero-order valence-electron chi connectivity index (χ0n) is 39.6. The molecule has 0 unspecified atom stereocenters. The van der Waals surface area contributed by atoms with Crippen molar-refractivity contribution in [1.29, 1.82) is 0 Å². The first-order valence-electron chi connectivity index (χ1n) is 23.1. The fraction of sp³-hybridized carbons (Fsp3) is 0.762. The topological polar surface area (TPSA) is 388 Å². The van der Waals surface area contributed by atoms with E-state index < -0.39 is 78.4 Å². The van der Waals surface area contributed by atoms with Crippen LogP contribution in [-0.2, 0) is 62.1 Å². The van der Waals surface area contributed by atoms with Gasteiger partial charge < -0.3 is 82.7 Å². The molecule has 2 fully saturated rings. The number of thioether (sulfide) groups is 1. The number of nitrogens with two attached hydrogens (primary N) is 3. The molecule has 27 heteroatoms. The van der Waals surface area contributed by atoms with Crippen LogP contribution in [0.3, 0.4) is 0 Å². The van der Waals surface area contributed by atoms with Gasteiger partial charge in [0, 0.05) is 39.6 Å². The predicted octanol–water partition coefficient (Wildman–Crippen LogP) is -4.35. The Morgan fingerprint density at radius 1 is 0.725 bits per heavy atom. The molecule has 7 amide bonds. The normalized spacial score (nSPS) is 17.2. The Morgan fingerprint density at radius 3 is 1.90 bits per heavy atom. The van der Waals surface area contributed by atoms with E-state index in [-0.39, 0.29) is 133 Å². The van der Waals surface area contributed by atoms with Gasteiger partial charge >= 0.3 is 5.97 Å². The van der Waals surface area contributed by atoms with Crippen LogP contribution in [0.4, 0.5) is 0 Å². The van der Waals surface area contributed by atoms with Crippen molar-refractivity contribution in [2.24, 2.45) is 22.2 Å². The first kappa shape index (κ1) is 59.9. The maximum Gasteiger partial charge on any atom is 0.326 e. The summed E-state index contributed by atoms with van der Waals surface area (Å²) >= 11 is 0.917. The molecule has 2 aliphatic rings. The number of unbranched alkanes of at least 4 members (excludes halogenated alkanes) is 1. The van der Waals surface area contributed by atoms with Crippen LogP contribution < -0.4 is 43.8 Å². The molecule has 0 aromatic carbocycles. The number of hydrogen-bond acceptors (Lipinski definition) is 17. The van der Waals surface area contributed by atoms with Crippen molar-refractivity contribution in [3.05, 3.63) is 0 Å².